The number of anilines is 1. The average molecular weight is 223 g/mol. The molecule has 0 aromatic heterocycles. The van der Waals surface area contributed by atoms with E-state index in [4.69, 9.17) is 14.9 Å². The fourth-order valence-electron chi connectivity index (χ4n) is 1.83. The molecule has 2 N–H and O–H groups in total. The van der Waals surface area contributed by atoms with Crippen LogP contribution < -0.4 is 9.64 Å². The van der Waals surface area contributed by atoms with Crippen molar-refractivity contribution in [2.24, 2.45) is 0 Å². The van der Waals surface area contributed by atoms with Crippen molar-refractivity contribution in [2.45, 2.75) is 0 Å². The molecule has 16 heavy (non-hydrogen) atoms. The molecular weight excluding hydrogens is 210 g/mol. The molecule has 1 heterocycles. The van der Waals surface area contributed by atoms with Gasteiger partial charge < -0.3 is 19.8 Å². The highest BCUT2D eigenvalue weighted by Crippen LogP contribution is 2.34. The van der Waals surface area contributed by atoms with E-state index in [0.29, 0.717) is 25.4 Å². The summed E-state index contributed by atoms with van der Waals surface area (Å²) in [4.78, 5) is 12.9. The number of carbonyl (C=O) groups is 1. The van der Waals surface area contributed by atoms with Gasteiger partial charge in [-0.05, 0) is 12.1 Å². The topological polar surface area (TPSA) is 70.0 Å². The normalized spacial score (nSPS) is 14.2. The lowest BCUT2D eigenvalue weighted by atomic mass is 10.1. The number of β-amino-alcohol motifs (C(OH)–C–C–N with tert-alkyl or cyclic N) is 1. The minimum atomic E-state index is -0.998. The van der Waals surface area contributed by atoms with Crippen LogP contribution in [0.4, 0.5) is 5.69 Å². The third-order valence-electron chi connectivity index (χ3n) is 2.54. The Bertz CT molecular complexity index is 405. The summed E-state index contributed by atoms with van der Waals surface area (Å²) in [5.74, 6) is -0.600. The number of ether oxygens (including phenoxy) is 1. The maximum atomic E-state index is 11.0. The Hall–Kier alpha value is -1.75. The number of benzene rings is 1. The zero-order valence-electron chi connectivity index (χ0n) is 8.72. The Labute approximate surface area is 92.9 Å². The summed E-state index contributed by atoms with van der Waals surface area (Å²) in [7, 11) is 0. The summed E-state index contributed by atoms with van der Waals surface area (Å²) in [5.41, 5.74) is 0.903. The third-order valence-corrected chi connectivity index (χ3v) is 2.54. The molecule has 1 aliphatic rings. The smallest absolute Gasteiger partial charge is 0.339 e. The van der Waals surface area contributed by atoms with Gasteiger partial charge in [0.15, 0.2) is 5.75 Å². The Morgan fingerprint density at radius 2 is 2.31 bits per heavy atom. The van der Waals surface area contributed by atoms with Crippen molar-refractivity contribution in [3.8, 4) is 5.75 Å². The van der Waals surface area contributed by atoms with Gasteiger partial charge >= 0.3 is 5.97 Å². The molecular formula is C11H13NO4. The number of carboxylic acid groups (broad SMARTS) is 1. The molecule has 5 nitrogen and oxygen atoms in total. The molecule has 5 heteroatoms. The van der Waals surface area contributed by atoms with Crippen LogP contribution in [0.5, 0.6) is 5.75 Å². The summed E-state index contributed by atoms with van der Waals surface area (Å²) >= 11 is 0. The molecule has 86 valence electrons. The molecule has 0 radical (unpaired) electrons. The van der Waals surface area contributed by atoms with Gasteiger partial charge in [-0.25, -0.2) is 4.79 Å². The molecule has 0 saturated heterocycles. The third kappa shape index (κ3) is 1.81. The molecule has 1 aromatic rings. The standard InChI is InChI=1S/C11H13NO4/c13-6-4-12-5-7-16-10-8(11(14)15)2-1-3-9(10)12/h1-3,13H,4-7H2,(H,14,15). The van der Waals surface area contributed by atoms with Gasteiger partial charge in [-0.2, -0.15) is 0 Å². The SMILES string of the molecule is O=C(O)c1cccc2c1OCCN2CCO. The van der Waals surface area contributed by atoms with Crippen LogP contribution >= 0.6 is 0 Å². The minimum absolute atomic E-state index is 0.0384. The van der Waals surface area contributed by atoms with Crippen molar-refractivity contribution in [3.05, 3.63) is 23.8 Å². The number of rotatable bonds is 3. The van der Waals surface area contributed by atoms with E-state index >= 15 is 0 Å². The van der Waals surface area contributed by atoms with E-state index in [1.54, 1.807) is 12.1 Å². The number of aromatic carboxylic acids is 1. The van der Waals surface area contributed by atoms with Crippen molar-refractivity contribution >= 4 is 11.7 Å². The first-order valence-electron chi connectivity index (χ1n) is 5.09. The van der Waals surface area contributed by atoms with Crippen LogP contribution in [0.25, 0.3) is 0 Å². The minimum Gasteiger partial charge on any atom is -0.489 e. The van der Waals surface area contributed by atoms with Crippen LogP contribution in [0, 0.1) is 0 Å². The van der Waals surface area contributed by atoms with Crippen LogP contribution in [0.3, 0.4) is 0 Å². The van der Waals surface area contributed by atoms with E-state index in [1.807, 2.05) is 4.90 Å². The number of para-hydroxylation sites is 1. The van der Waals surface area contributed by atoms with Crippen LogP contribution in [0.2, 0.25) is 0 Å². The van der Waals surface area contributed by atoms with Crippen LogP contribution in [0.15, 0.2) is 18.2 Å². The maximum absolute atomic E-state index is 11.0. The molecule has 1 aliphatic heterocycles. The van der Waals surface area contributed by atoms with E-state index in [2.05, 4.69) is 0 Å². The lowest BCUT2D eigenvalue weighted by molar-refractivity contribution is 0.0692. The van der Waals surface area contributed by atoms with Crippen molar-refractivity contribution in [3.63, 3.8) is 0 Å². The molecule has 0 fully saturated rings. The molecule has 0 amide bonds. The summed E-state index contributed by atoms with van der Waals surface area (Å²) in [6.07, 6.45) is 0. The van der Waals surface area contributed by atoms with Gasteiger partial charge in [0.25, 0.3) is 0 Å². The van der Waals surface area contributed by atoms with Crippen molar-refractivity contribution < 1.29 is 19.7 Å². The van der Waals surface area contributed by atoms with E-state index < -0.39 is 5.97 Å². The number of hydrogen-bond donors (Lipinski definition) is 2. The number of aliphatic hydroxyl groups is 1. The second kappa shape index (κ2) is 4.40. The highest BCUT2D eigenvalue weighted by atomic mass is 16.5. The lowest BCUT2D eigenvalue weighted by Crippen LogP contribution is -2.35. The van der Waals surface area contributed by atoms with Gasteiger partial charge in [-0.1, -0.05) is 6.07 Å². The first-order valence-corrected chi connectivity index (χ1v) is 5.09. The van der Waals surface area contributed by atoms with Crippen molar-refractivity contribution in [2.75, 3.05) is 31.2 Å². The number of aliphatic hydroxyl groups excluding tert-OH is 1. The van der Waals surface area contributed by atoms with Gasteiger partial charge in [0, 0.05) is 6.54 Å². The highest BCUT2D eigenvalue weighted by molar-refractivity contribution is 5.93. The molecule has 0 saturated carbocycles. The molecule has 0 spiro atoms. The first-order chi connectivity index (χ1) is 7.74. The maximum Gasteiger partial charge on any atom is 0.339 e. The Kier molecular flexibility index (Phi) is 2.96. The van der Waals surface area contributed by atoms with Crippen LogP contribution in [-0.4, -0.2) is 42.5 Å². The number of fused-ring (bicyclic) bond motifs is 1. The second-order valence-electron chi connectivity index (χ2n) is 3.52. The molecule has 2 rings (SSSR count). The zero-order valence-corrected chi connectivity index (χ0v) is 8.72. The zero-order chi connectivity index (χ0) is 11.5. The average Bonchev–Trinajstić information content (AvgIpc) is 2.29. The summed E-state index contributed by atoms with van der Waals surface area (Å²) in [6, 6.07) is 5.00. The molecule has 0 unspecified atom stereocenters. The Morgan fingerprint density at radius 3 is 3.00 bits per heavy atom. The highest BCUT2D eigenvalue weighted by Gasteiger charge is 2.22. The van der Waals surface area contributed by atoms with Gasteiger partial charge in [-0.3, -0.25) is 0 Å². The Balaban J connectivity index is 2.42. The molecule has 1 aromatic carbocycles. The summed E-state index contributed by atoms with van der Waals surface area (Å²) < 4.78 is 5.39. The predicted molar refractivity (Wildman–Crippen MR) is 58.2 cm³/mol. The lowest BCUT2D eigenvalue weighted by Gasteiger charge is -2.31. The van der Waals surface area contributed by atoms with E-state index in [1.165, 1.54) is 6.07 Å². The first kappa shape index (κ1) is 10.8. The largest absolute Gasteiger partial charge is 0.489 e. The van der Waals surface area contributed by atoms with E-state index in [0.717, 1.165) is 5.69 Å². The number of nitrogens with zero attached hydrogens (tertiary/aromatic N) is 1. The van der Waals surface area contributed by atoms with Gasteiger partial charge in [0.1, 0.15) is 12.2 Å². The predicted octanol–water partition coefficient (Wildman–Crippen LogP) is 0.576. The quantitative estimate of drug-likeness (QED) is 0.784. The van der Waals surface area contributed by atoms with E-state index in [-0.39, 0.29) is 12.2 Å². The number of hydrogen-bond acceptors (Lipinski definition) is 4. The Morgan fingerprint density at radius 1 is 1.50 bits per heavy atom. The van der Waals surface area contributed by atoms with Crippen molar-refractivity contribution in [1.29, 1.82) is 0 Å². The van der Waals surface area contributed by atoms with Gasteiger partial charge in [0.05, 0.1) is 18.8 Å². The van der Waals surface area contributed by atoms with Crippen LogP contribution in [0.1, 0.15) is 10.4 Å². The molecule has 0 bridgehead atoms. The van der Waals surface area contributed by atoms with Crippen LogP contribution in [-0.2, 0) is 0 Å². The number of carboxylic acids is 1. The fraction of sp³-hybridized carbons (Fsp3) is 0.364. The van der Waals surface area contributed by atoms with Gasteiger partial charge in [0.2, 0.25) is 0 Å². The summed E-state index contributed by atoms with van der Waals surface area (Å²) in [5, 5.41) is 17.9. The van der Waals surface area contributed by atoms with E-state index in [9.17, 15) is 4.79 Å². The fourth-order valence-corrected chi connectivity index (χ4v) is 1.83. The monoisotopic (exact) mass is 223 g/mol. The summed E-state index contributed by atoms with van der Waals surface area (Å²) in [6.45, 7) is 1.63. The molecule has 0 aliphatic carbocycles. The van der Waals surface area contributed by atoms with Crippen molar-refractivity contribution in [1.82, 2.24) is 0 Å². The second-order valence-corrected chi connectivity index (χ2v) is 3.52. The van der Waals surface area contributed by atoms with Gasteiger partial charge in [-0.15, -0.1) is 0 Å². The molecule has 0 atom stereocenters.